The van der Waals surface area contributed by atoms with Gasteiger partial charge in [0.05, 0.1) is 10.7 Å². The smallest absolute Gasteiger partial charge is 0.222 e. The first-order chi connectivity index (χ1) is 10.1. The summed E-state index contributed by atoms with van der Waals surface area (Å²) < 4.78 is 0. The number of piperidine rings is 1. The molecule has 1 amide bonds. The molecular formula is C16H24N2O2S. The number of ketones is 1. The van der Waals surface area contributed by atoms with Crippen LogP contribution in [0.1, 0.15) is 62.6 Å². The molecule has 4 nitrogen and oxygen atoms in total. The van der Waals surface area contributed by atoms with Crippen LogP contribution < -0.4 is 0 Å². The highest BCUT2D eigenvalue weighted by Gasteiger charge is 2.25. The molecule has 1 saturated heterocycles. The van der Waals surface area contributed by atoms with Crippen molar-refractivity contribution in [1.82, 2.24) is 9.88 Å². The number of aromatic nitrogens is 1. The zero-order valence-corrected chi connectivity index (χ0v) is 13.7. The van der Waals surface area contributed by atoms with Crippen LogP contribution in [0.3, 0.4) is 0 Å². The Morgan fingerprint density at radius 1 is 1.48 bits per heavy atom. The summed E-state index contributed by atoms with van der Waals surface area (Å²) in [7, 11) is 0. The fourth-order valence-electron chi connectivity index (χ4n) is 2.77. The van der Waals surface area contributed by atoms with E-state index in [2.05, 4.69) is 5.38 Å². The van der Waals surface area contributed by atoms with Crippen LogP contribution in [-0.2, 0) is 16.0 Å². The third kappa shape index (κ3) is 4.63. The Balaban J connectivity index is 1.91. The van der Waals surface area contributed by atoms with Gasteiger partial charge in [-0.25, -0.2) is 4.98 Å². The molecule has 1 fully saturated rings. The van der Waals surface area contributed by atoms with Gasteiger partial charge in [-0.15, -0.1) is 11.3 Å². The Bertz CT molecular complexity index is 498. The van der Waals surface area contributed by atoms with Gasteiger partial charge in [0.15, 0.2) is 0 Å². The number of thiazole rings is 1. The monoisotopic (exact) mass is 308 g/mol. The zero-order valence-electron chi connectivity index (χ0n) is 12.9. The van der Waals surface area contributed by atoms with Gasteiger partial charge in [-0.1, -0.05) is 6.92 Å². The van der Waals surface area contributed by atoms with Crippen molar-refractivity contribution in [2.75, 3.05) is 13.1 Å². The van der Waals surface area contributed by atoms with Crippen molar-refractivity contribution >= 4 is 23.0 Å². The van der Waals surface area contributed by atoms with E-state index >= 15 is 0 Å². The van der Waals surface area contributed by atoms with Gasteiger partial charge in [0.1, 0.15) is 5.78 Å². The minimum Gasteiger partial charge on any atom is -0.342 e. The van der Waals surface area contributed by atoms with Crippen LogP contribution in [0.2, 0.25) is 0 Å². The van der Waals surface area contributed by atoms with Gasteiger partial charge in [0.2, 0.25) is 5.91 Å². The topological polar surface area (TPSA) is 50.3 Å². The van der Waals surface area contributed by atoms with Crippen molar-refractivity contribution in [1.29, 1.82) is 0 Å². The first-order valence-corrected chi connectivity index (χ1v) is 8.69. The first-order valence-electron chi connectivity index (χ1n) is 7.81. The lowest BCUT2D eigenvalue weighted by atomic mass is 9.98. The van der Waals surface area contributed by atoms with Crippen LogP contribution in [0.15, 0.2) is 5.38 Å². The van der Waals surface area contributed by atoms with Crippen LogP contribution >= 0.6 is 11.3 Å². The molecule has 0 radical (unpaired) electrons. The summed E-state index contributed by atoms with van der Waals surface area (Å²) in [6.45, 7) is 5.25. The van der Waals surface area contributed by atoms with Gasteiger partial charge in [-0.2, -0.15) is 0 Å². The Morgan fingerprint density at radius 2 is 2.29 bits per heavy atom. The van der Waals surface area contributed by atoms with Crippen LogP contribution in [0.5, 0.6) is 0 Å². The number of carbonyl (C=O) groups is 2. The molecule has 1 atom stereocenters. The molecular weight excluding hydrogens is 284 g/mol. The predicted molar refractivity (Wildman–Crippen MR) is 84.6 cm³/mol. The Kier molecular flexibility index (Phi) is 5.91. The summed E-state index contributed by atoms with van der Waals surface area (Å²) in [4.78, 5) is 29.5. The van der Waals surface area contributed by atoms with Gasteiger partial charge in [-0.3, -0.25) is 4.79 Å². The highest BCUT2D eigenvalue weighted by atomic mass is 32.1. The number of hydrogen-bond acceptors (Lipinski definition) is 4. The van der Waals surface area contributed by atoms with E-state index in [9.17, 15) is 9.59 Å². The maximum atomic E-state index is 11.8. The summed E-state index contributed by atoms with van der Waals surface area (Å²) in [5.74, 6) is 0.880. The minimum absolute atomic E-state index is 0.242. The molecule has 1 aliphatic rings. The van der Waals surface area contributed by atoms with Crippen molar-refractivity contribution in [2.24, 2.45) is 0 Å². The lowest BCUT2D eigenvalue weighted by molar-refractivity contribution is -0.132. The first kappa shape index (κ1) is 16.1. The van der Waals surface area contributed by atoms with Crippen LogP contribution in [0, 0.1) is 0 Å². The fraction of sp³-hybridized carbons (Fsp3) is 0.688. The van der Waals surface area contributed by atoms with Crippen LogP contribution in [0.25, 0.3) is 0 Å². The van der Waals surface area contributed by atoms with Gasteiger partial charge in [0, 0.05) is 37.2 Å². The average molecular weight is 308 g/mol. The second kappa shape index (κ2) is 7.69. The number of nitrogens with zero attached hydrogens (tertiary/aromatic N) is 2. The summed E-state index contributed by atoms with van der Waals surface area (Å²) in [5.41, 5.74) is 1.09. The lowest BCUT2D eigenvalue weighted by Gasteiger charge is -2.31. The van der Waals surface area contributed by atoms with E-state index in [-0.39, 0.29) is 11.7 Å². The van der Waals surface area contributed by atoms with E-state index in [0.29, 0.717) is 18.8 Å². The minimum atomic E-state index is 0.242. The van der Waals surface area contributed by atoms with Crippen molar-refractivity contribution in [3.05, 3.63) is 16.1 Å². The van der Waals surface area contributed by atoms with E-state index in [1.165, 1.54) is 0 Å². The SMILES string of the molecule is CCC(=O)N1CCCC(c2nc(CCCC(C)=O)cs2)C1. The third-order valence-electron chi connectivity index (χ3n) is 3.96. The number of Topliss-reactive ketones (excluding diaryl/α,β-unsaturated/α-hetero) is 1. The predicted octanol–water partition coefficient (Wildman–Crippen LogP) is 3.17. The maximum absolute atomic E-state index is 11.8. The number of amides is 1. The molecule has 21 heavy (non-hydrogen) atoms. The molecule has 0 aromatic carbocycles. The second-order valence-electron chi connectivity index (χ2n) is 5.77. The van der Waals surface area contributed by atoms with E-state index < -0.39 is 0 Å². The van der Waals surface area contributed by atoms with Crippen molar-refractivity contribution < 1.29 is 9.59 Å². The normalized spacial score (nSPS) is 18.8. The molecule has 1 aromatic heterocycles. The molecule has 0 bridgehead atoms. The number of aryl methyl sites for hydroxylation is 1. The standard InChI is InChI=1S/C16H24N2O2S/c1-3-15(20)18-9-5-7-13(10-18)16-17-14(11-21-16)8-4-6-12(2)19/h11,13H,3-10H2,1-2H3. The number of carbonyl (C=O) groups excluding carboxylic acids is 2. The summed E-state index contributed by atoms with van der Waals surface area (Å²) in [5, 5.41) is 3.26. The largest absolute Gasteiger partial charge is 0.342 e. The molecule has 0 N–H and O–H groups in total. The van der Waals surface area contributed by atoms with Gasteiger partial charge in [0.25, 0.3) is 0 Å². The molecule has 2 rings (SSSR count). The van der Waals surface area contributed by atoms with Gasteiger partial charge < -0.3 is 9.69 Å². The highest BCUT2D eigenvalue weighted by Crippen LogP contribution is 2.29. The number of hydrogen-bond donors (Lipinski definition) is 0. The summed E-state index contributed by atoms with van der Waals surface area (Å²) in [6.07, 6.45) is 5.16. The maximum Gasteiger partial charge on any atom is 0.222 e. The van der Waals surface area contributed by atoms with Crippen LogP contribution in [0.4, 0.5) is 0 Å². The molecule has 1 unspecified atom stereocenters. The Hall–Kier alpha value is -1.23. The number of rotatable bonds is 6. The Morgan fingerprint density at radius 3 is 3.00 bits per heavy atom. The zero-order chi connectivity index (χ0) is 15.2. The second-order valence-corrected chi connectivity index (χ2v) is 6.65. The Labute approximate surface area is 130 Å². The summed E-state index contributed by atoms with van der Waals surface area (Å²) >= 11 is 1.70. The lowest BCUT2D eigenvalue weighted by Crippen LogP contribution is -2.38. The van der Waals surface area contributed by atoms with Crippen molar-refractivity contribution in [2.45, 2.75) is 58.3 Å². The van der Waals surface area contributed by atoms with E-state index in [1.54, 1.807) is 18.3 Å². The molecule has 1 aliphatic heterocycles. The molecule has 1 aromatic rings. The number of likely N-dealkylation sites (tertiary alicyclic amines) is 1. The quantitative estimate of drug-likeness (QED) is 0.811. The summed E-state index contributed by atoms with van der Waals surface area (Å²) in [6, 6.07) is 0. The third-order valence-corrected chi connectivity index (χ3v) is 5.01. The van der Waals surface area contributed by atoms with Crippen molar-refractivity contribution in [3.63, 3.8) is 0 Å². The molecule has 0 saturated carbocycles. The highest BCUT2D eigenvalue weighted by molar-refractivity contribution is 7.09. The molecule has 2 heterocycles. The van der Waals surface area contributed by atoms with E-state index in [0.717, 1.165) is 49.5 Å². The molecule has 5 heteroatoms. The molecule has 0 spiro atoms. The van der Waals surface area contributed by atoms with Crippen molar-refractivity contribution in [3.8, 4) is 0 Å². The van der Waals surface area contributed by atoms with Gasteiger partial charge >= 0.3 is 0 Å². The van der Waals surface area contributed by atoms with Gasteiger partial charge in [-0.05, 0) is 32.6 Å². The molecule has 116 valence electrons. The van der Waals surface area contributed by atoms with E-state index in [4.69, 9.17) is 4.98 Å². The van der Waals surface area contributed by atoms with Crippen LogP contribution in [-0.4, -0.2) is 34.7 Å². The average Bonchev–Trinajstić information content (AvgIpc) is 2.95. The molecule has 0 aliphatic carbocycles. The van der Waals surface area contributed by atoms with E-state index in [1.807, 2.05) is 11.8 Å². The fourth-order valence-corrected chi connectivity index (χ4v) is 3.75.